The third-order valence-corrected chi connectivity index (χ3v) is 4.70. The van der Waals surface area contributed by atoms with E-state index in [0.29, 0.717) is 5.69 Å². The molecule has 1 heterocycles. The summed E-state index contributed by atoms with van der Waals surface area (Å²) >= 11 is 0. The normalized spacial score (nSPS) is 11.1. The fourth-order valence-electron chi connectivity index (χ4n) is 1.79. The minimum absolute atomic E-state index is 0.255. The molecule has 1 N–H and O–H groups in total. The van der Waals surface area contributed by atoms with Gasteiger partial charge in [-0.25, -0.2) is 8.42 Å². The molecule has 6 heteroatoms. The van der Waals surface area contributed by atoms with Gasteiger partial charge in [0.1, 0.15) is 0 Å². The monoisotopic (exact) mass is 291 g/mol. The van der Waals surface area contributed by atoms with Gasteiger partial charge in [-0.2, -0.15) is 0 Å². The number of hydrogen-bond donors (Lipinski definition) is 1. The van der Waals surface area contributed by atoms with Gasteiger partial charge in [0, 0.05) is 25.5 Å². The van der Waals surface area contributed by atoms with Gasteiger partial charge in [0.15, 0.2) is 0 Å². The standard InChI is InChI=1S/C14H17N3O2S/c1-3-16-12-6-8-14(9-7-12)20(18,19)17(2)13-5-4-10-15-11-13/h4-11,16H,3H2,1-2H3. The quantitative estimate of drug-likeness (QED) is 0.918. The zero-order valence-corrected chi connectivity index (χ0v) is 12.3. The van der Waals surface area contributed by atoms with E-state index in [1.165, 1.54) is 17.5 Å². The summed E-state index contributed by atoms with van der Waals surface area (Å²) in [6, 6.07) is 10.1. The summed E-state index contributed by atoms with van der Waals surface area (Å²) in [7, 11) is -2.04. The molecule has 0 unspecified atom stereocenters. The molecule has 0 saturated carbocycles. The summed E-state index contributed by atoms with van der Waals surface area (Å²) < 4.78 is 26.2. The van der Waals surface area contributed by atoms with Crippen LogP contribution in [0, 0.1) is 0 Å². The molecule has 0 amide bonds. The summed E-state index contributed by atoms with van der Waals surface area (Å²) in [5, 5.41) is 3.13. The minimum Gasteiger partial charge on any atom is -0.385 e. The zero-order valence-electron chi connectivity index (χ0n) is 11.4. The Bertz CT molecular complexity index is 655. The first-order chi connectivity index (χ1) is 9.55. The minimum atomic E-state index is -3.56. The molecule has 0 bridgehead atoms. The lowest BCUT2D eigenvalue weighted by Gasteiger charge is -2.19. The second-order valence-corrected chi connectivity index (χ2v) is 6.21. The average Bonchev–Trinajstić information content (AvgIpc) is 2.48. The zero-order chi connectivity index (χ0) is 14.6. The lowest BCUT2D eigenvalue weighted by atomic mass is 10.3. The van der Waals surface area contributed by atoms with E-state index < -0.39 is 10.0 Å². The van der Waals surface area contributed by atoms with Crippen LogP contribution in [0.15, 0.2) is 53.7 Å². The van der Waals surface area contributed by atoms with Crippen LogP contribution in [0.1, 0.15) is 6.92 Å². The van der Waals surface area contributed by atoms with E-state index in [9.17, 15) is 8.42 Å². The molecule has 1 aromatic heterocycles. The van der Waals surface area contributed by atoms with Crippen LogP contribution in [0.25, 0.3) is 0 Å². The number of anilines is 2. The van der Waals surface area contributed by atoms with Crippen LogP contribution in [-0.4, -0.2) is 27.0 Å². The van der Waals surface area contributed by atoms with Gasteiger partial charge < -0.3 is 5.32 Å². The third kappa shape index (κ3) is 2.91. The predicted octanol–water partition coefficient (Wildman–Crippen LogP) is 2.34. The van der Waals surface area contributed by atoms with E-state index in [-0.39, 0.29) is 4.90 Å². The van der Waals surface area contributed by atoms with Gasteiger partial charge in [0.2, 0.25) is 0 Å². The Morgan fingerprint density at radius 2 is 1.90 bits per heavy atom. The average molecular weight is 291 g/mol. The Balaban J connectivity index is 2.30. The second kappa shape index (κ2) is 5.92. The summed E-state index contributed by atoms with van der Waals surface area (Å²) in [6.45, 7) is 2.78. The maximum atomic E-state index is 12.5. The van der Waals surface area contributed by atoms with Crippen LogP contribution in [0.4, 0.5) is 11.4 Å². The predicted molar refractivity (Wildman–Crippen MR) is 80.4 cm³/mol. The van der Waals surface area contributed by atoms with Crippen molar-refractivity contribution in [1.29, 1.82) is 0 Å². The summed E-state index contributed by atoms with van der Waals surface area (Å²) in [4.78, 5) is 4.19. The smallest absolute Gasteiger partial charge is 0.264 e. The molecule has 0 spiro atoms. The number of pyridine rings is 1. The van der Waals surface area contributed by atoms with Gasteiger partial charge >= 0.3 is 0 Å². The van der Waals surface area contributed by atoms with Gasteiger partial charge in [-0.1, -0.05) is 0 Å². The first-order valence-corrected chi connectivity index (χ1v) is 7.72. The molecule has 20 heavy (non-hydrogen) atoms. The van der Waals surface area contributed by atoms with Gasteiger partial charge in [-0.05, 0) is 43.3 Å². The molecule has 0 radical (unpaired) electrons. The molecule has 2 rings (SSSR count). The van der Waals surface area contributed by atoms with Crippen molar-refractivity contribution in [2.24, 2.45) is 0 Å². The van der Waals surface area contributed by atoms with Crippen LogP contribution in [0.3, 0.4) is 0 Å². The highest BCUT2D eigenvalue weighted by Gasteiger charge is 2.21. The van der Waals surface area contributed by atoms with Crippen molar-refractivity contribution in [3.63, 3.8) is 0 Å². The van der Waals surface area contributed by atoms with Gasteiger partial charge in [0.05, 0.1) is 16.8 Å². The largest absolute Gasteiger partial charge is 0.385 e. The highest BCUT2D eigenvalue weighted by Crippen LogP contribution is 2.22. The maximum absolute atomic E-state index is 12.5. The van der Waals surface area contributed by atoms with Gasteiger partial charge in [-0.3, -0.25) is 9.29 Å². The van der Waals surface area contributed by atoms with E-state index in [2.05, 4.69) is 10.3 Å². The Labute approximate surface area is 119 Å². The van der Waals surface area contributed by atoms with Crippen molar-refractivity contribution in [2.75, 3.05) is 23.2 Å². The van der Waals surface area contributed by atoms with E-state index in [4.69, 9.17) is 0 Å². The molecule has 5 nitrogen and oxygen atoms in total. The number of nitrogens with one attached hydrogen (secondary N) is 1. The Hall–Kier alpha value is -2.08. The Morgan fingerprint density at radius 3 is 2.45 bits per heavy atom. The summed E-state index contributed by atoms with van der Waals surface area (Å²) in [5.74, 6) is 0. The molecule has 0 fully saturated rings. The first kappa shape index (κ1) is 14.3. The number of benzene rings is 1. The van der Waals surface area contributed by atoms with Crippen molar-refractivity contribution in [1.82, 2.24) is 4.98 Å². The number of hydrogen-bond acceptors (Lipinski definition) is 4. The van der Waals surface area contributed by atoms with E-state index >= 15 is 0 Å². The van der Waals surface area contributed by atoms with Crippen LogP contribution in [-0.2, 0) is 10.0 Å². The molecule has 2 aromatic rings. The van der Waals surface area contributed by atoms with Crippen molar-refractivity contribution >= 4 is 21.4 Å². The van der Waals surface area contributed by atoms with Crippen molar-refractivity contribution < 1.29 is 8.42 Å². The fraction of sp³-hybridized carbons (Fsp3) is 0.214. The molecule has 0 saturated heterocycles. The first-order valence-electron chi connectivity index (χ1n) is 6.28. The number of nitrogens with zero attached hydrogens (tertiary/aromatic N) is 2. The third-order valence-electron chi connectivity index (χ3n) is 2.90. The molecule has 0 aliphatic rings. The van der Waals surface area contributed by atoms with Crippen molar-refractivity contribution in [3.05, 3.63) is 48.8 Å². The van der Waals surface area contributed by atoms with Gasteiger partial charge in [-0.15, -0.1) is 0 Å². The van der Waals surface area contributed by atoms with Gasteiger partial charge in [0.25, 0.3) is 10.0 Å². The topological polar surface area (TPSA) is 62.3 Å². The molecule has 106 valence electrons. The molecule has 0 aliphatic carbocycles. The van der Waals surface area contributed by atoms with Crippen LogP contribution < -0.4 is 9.62 Å². The molecule has 1 aromatic carbocycles. The number of aromatic nitrogens is 1. The highest BCUT2D eigenvalue weighted by molar-refractivity contribution is 7.92. The molecular formula is C14H17N3O2S. The summed E-state index contributed by atoms with van der Waals surface area (Å²) in [6.07, 6.45) is 3.12. The second-order valence-electron chi connectivity index (χ2n) is 4.24. The lowest BCUT2D eigenvalue weighted by Crippen LogP contribution is -2.26. The summed E-state index contributed by atoms with van der Waals surface area (Å²) in [5.41, 5.74) is 1.43. The number of sulfonamides is 1. The van der Waals surface area contributed by atoms with E-state index in [1.807, 2.05) is 6.92 Å². The van der Waals surface area contributed by atoms with Crippen LogP contribution in [0.5, 0.6) is 0 Å². The highest BCUT2D eigenvalue weighted by atomic mass is 32.2. The molecule has 0 aliphatic heterocycles. The molecule has 0 atom stereocenters. The lowest BCUT2D eigenvalue weighted by molar-refractivity contribution is 0.594. The SMILES string of the molecule is CCNc1ccc(S(=O)(=O)N(C)c2cccnc2)cc1. The van der Waals surface area contributed by atoms with Crippen LogP contribution >= 0.6 is 0 Å². The van der Waals surface area contributed by atoms with Crippen LogP contribution in [0.2, 0.25) is 0 Å². The fourth-order valence-corrected chi connectivity index (χ4v) is 2.97. The number of rotatable bonds is 5. The van der Waals surface area contributed by atoms with Crippen molar-refractivity contribution in [2.45, 2.75) is 11.8 Å². The van der Waals surface area contributed by atoms with E-state index in [0.717, 1.165) is 12.2 Å². The molecular weight excluding hydrogens is 274 g/mol. The van der Waals surface area contributed by atoms with Crippen molar-refractivity contribution in [3.8, 4) is 0 Å². The Morgan fingerprint density at radius 1 is 1.20 bits per heavy atom. The van der Waals surface area contributed by atoms with E-state index in [1.54, 1.807) is 42.6 Å². The Kier molecular flexibility index (Phi) is 4.24. The maximum Gasteiger partial charge on any atom is 0.264 e.